The van der Waals surface area contributed by atoms with Gasteiger partial charge in [0.2, 0.25) is 5.91 Å². The maximum absolute atomic E-state index is 13.2. The zero-order valence-electron chi connectivity index (χ0n) is 16.1. The first-order valence-electron chi connectivity index (χ1n) is 9.93. The number of nitrogens with one attached hydrogen (secondary N) is 1. The van der Waals surface area contributed by atoms with Gasteiger partial charge in [-0.2, -0.15) is 0 Å². The van der Waals surface area contributed by atoms with Gasteiger partial charge in [-0.1, -0.05) is 18.9 Å². The second-order valence-electron chi connectivity index (χ2n) is 7.55. The Labute approximate surface area is 165 Å². The normalized spacial score (nSPS) is 17.2. The molecule has 2 aliphatic rings. The third kappa shape index (κ3) is 3.88. The lowest BCUT2D eigenvalue weighted by atomic mass is 9.84. The second kappa shape index (κ2) is 8.05. The van der Waals surface area contributed by atoms with Crippen molar-refractivity contribution in [1.82, 2.24) is 0 Å². The molecule has 0 radical (unpaired) electrons. The van der Waals surface area contributed by atoms with Gasteiger partial charge >= 0.3 is 0 Å². The number of fused-ring (bicyclic) bond motifs is 1. The molecule has 1 saturated carbocycles. The summed E-state index contributed by atoms with van der Waals surface area (Å²) in [7, 11) is 0. The van der Waals surface area contributed by atoms with Crippen molar-refractivity contribution < 1.29 is 19.1 Å². The highest BCUT2D eigenvalue weighted by molar-refractivity contribution is 5.98. The van der Waals surface area contributed by atoms with Crippen molar-refractivity contribution in [1.29, 1.82) is 0 Å². The molecule has 0 aromatic heterocycles. The Bertz CT molecular complexity index is 869. The van der Waals surface area contributed by atoms with E-state index < -0.39 is 0 Å². The maximum atomic E-state index is 13.2. The van der Waals surface area contributed by atoms with Crippen molar-refractivity contribution in [2.45, 2.75) is 38.5 Å². The quantitative estimate of drug-likeness (QED) is 0.773. The molecular formula is C23H25NO4. The van der Waals surface area contributed by atoms with E-state index in [0.29, 0.717) is 36.1 Å². The van der Waals surface area contributed by atoms with Gasteiger partial charge < -0.3 is 14.8 Å². The summed E-state index contributed by atoms with van der Waals surface area (Å²) in [5.41, 5.74) is 2.31. The lowest BCUT2D eigenvalue weighted by Gasteiger charge is -2.25. The number of carbonyl (C=O) groups is 2. The third-order valence-corrected chi connectivity index (χ3v) is 5.64. The van der Waals surface area contributed by atoms with E-state index in [1.54, 1.807) is 24.3 Å². The Morgan fingerprint density at radius 1 is 0.964 bits per heavy atom. The highest BCUT2D eigenvalue weighted by atomic mass is 16.6. The molecule has 1 N–H and O–H groups in total. The van der Waals surface area contributed by atoms with E-state index in [0.717, 1.165) is 37.0 Å². The van der Waals surface area contributed by atoms with Gasteiger partial charge in [0.15, 0.2) is 17.3 Å². The SMILES string of the molecule is CC(=O)c1ccc(NC(=O)C(c2ccc3c(c2)OCCO3)C2CCCC2)cc1. The van der Waals surface area contributed by atoms with Crippen LogP contribution in [0.4, 0.5) is 5.69 Å². The minimum absolute atomic E-state index is 0.0120. The van der Waals surface area contributed by atoms with E-state index in [4.69, 9.17) is 9.47 Å². The zero-order valence-corrected chi connectivity index (χ0v) is 16.1. The van der Waals surface area contributed by atoms with Gasteiger partial charge in [-0.05, 0) is 67.6 Å². The van der Waals surface area contributed by atoms with Gasteiger partial charge in [0, 0.05) is 11.3 Å². The van der Waals surface area contributed by atoms with Gasteiger partial charge in [0.1, 0.15) is 13.2 Å². The number of amides is 1. The lowest BCUT2D eigenvalue weighted by Crippen LogP contribution is -2.27. The molecule has 1 aliphatic carbocycles. The van der Waals surface area contributed by atoms with Gasteiger partial charge in [-0.3, -0.25) is 9.59 Å². The number of anilines is 1. The summed E-state index contributed by atoms with van der Waals surface area (Å²) in [6.07, 6.45) is 4.42. The third-order valence-electron chi connectivity index (χ3n) is 5.64. The van der Waals surface area contributed by atoms with E-state index >= 15 is 0 Å². The van der Waals surface area contributed by atoms with Gasteiger partial charge in [-0.15, -0.1) is 0 Å². The molecule has 4 rings (SSSR count). The van der Waals surface area contributed by atoms with Crippen LogP contribution >= 0.6 is 0 Å². The predicted molar refractivity (Wildman–Crippen MR) is 107 cm³/mol. The fourth-order valence-electron chi connectivity index (χ4n) is 4.19. The monoisotopic (exact) mass is 379 g/mol. The molecule has 0 spiro atoms. The lowest BCUT2D eigenvalue weighted by molar-refractivity contribution is -0.118. The fourth-order valence-corrected chi connectivity index (χ4v) is 4.19. The molecule has 5 heteroatoms. The van der Waals surface area contributed by atoms with Crippen molar-refractivity contribution in [2.24, 2.45) is 5.92 Å². The number of hydrogen-bond acceptors (Lipinski definition) is 4. The molecule has 1 aliphatic heterocycles. The summed E-state index contributed by atoms with van der Waals surface area (Å²) >= 11 is 0. The van der Waals surface area contributed by atoms with Crippen LogP contribution in [0, 0.1) is 5.92 Å². The van der Waals surface area contributed by atoms with E-state index in [2.05, 4.69) is 5.32 Å². The predicted octanol–water partition coefficient (Wildman–Crippen LogP) is 4.57. The van der Waals surface area contributed by atoms with Crippen LogP contribution in [-0.4, -0.2) is 24.9 Å². The Hall–Kier alpha value is -2.82. The average Bonchev–Trinajstić information content (AvgIpc) is 3.22. The van der Waals surface area contributed by atoms with Crippen LogP contribution in [0.15, 0.2) is 42.5 Å². The first-order chi connectivity index (χ1) is 13.6. The fraction of sp³-hybridized carbons (Fsp3) is 0.391. The van der Waals surface area contributed by atoms with Crippen LogP contribution in [0.1, 0.15) is 54.4 Å². The number of Topliss-reactive ketones (excluding diaryl/α,β-unsaturated/α-hetero) is 1. The molecule has 1 fully saturated rings. The van der Waals surface area contributed by atoms with E-state index in [1.165, 1.54) is 6.92 Å². The first-order valence-corrected chi connectivity index (χ1v) is 9.93. The molecule has 1 unspecified atom stereocenters. The number of hydrogen-bond donors (Lipinski definition) is 1. The Morgan fingerprint density at radius 3 is 2.32 bits per heavy atom. The molecule has 1 atom stereocenters. The van der Waals surface area contributed by atoms with E-state index in [1.807, 2.05) is 18.2 Å². The smallest absolute Gasteiger partial charge is 0.232 e. The molecule has 2 aromatic rings. The Kier molecular flexibility index (Phi) is 5.33. The summed E-state index contributed by atoms with van der Waals surface area (Å²) in [5, 5.41) is 3.04. The highest BCUT2D eigenvalue weighted by Crippen LogP contribution is 2.41. The standard InChI is InChI=1S/C23H25NO4/c1-15(25)16-6-9-19(10-7-16)24-23(26)22(17-4-2-3-5-17)18-8-11-20-21(14-18)28-13-12-27-20/h6-11,14,17,22H,2-5,12-13H2,1H3,(H,24,26). The molecule has 28 heavy (non-hydrogen) atoms. The van der Waals surface area contributed by atoms with Gasteiger partial charge in [0.05, 0.1) is 5.92 Å². The van der Waals surface area contributed by atoms with Gasteiger partial charge in [0.25, 0.3) is 0 Å². The second-order valence-corrected chi connectivity index (χ2v) is 7.55. The first kappa shape index (κ1) is 18.5. The summed E-state index contributed by atoms with van der Waals surface area (Å²) in [5.74, 6) is 1.53. The number of rotatable bonds is 5. The van der Waals surface area contributed by atoms with Crippen LogP contribution in [0.25, 0.3) is 0 Å². The molecule has 0 bridgehead atoms. The van der Waals surface area contributed by atoms with Crippen molar-refractivity contribution in [3.63, 3.8) is 0 Å². The minimum Gasteiger partial charge on any atom is -0.486 e. The summed E-state index contributed by atoms with van der Waals surface area (Å²) in [6, 6.07) is 12.9. The van der Waals surface area contributed by atoms with Gasteiger partial charge in [-0.25, -0.2) is 0 Å². The average molecular weight is 379 g/mol. The maximum Gasteiger partial charge on any atom is 0.232 e. The summed E-state index contributed by atoms with van der Waals surface area (Å²) in [4.78, 5) is 24.7. The van der Waals surface area contributed by atoms with Crippen LogP contribution in [-0.2, 0) is 4.79 Å². The largest absolute Gasteiger partial charge is 0.486 e. The number of ketones is 1. The molecular weight excluding hydrogens is 354 g/mol. The topological polar surface area (TPSA) is 64.6 Å². The minimum atomic E-state index is -0.231. The Balaban J connectivity index is 1.59. The molecule has 1 amide bonds. The highest BCUT2D eigenvalue weighted by Gasteiger charge is 2.33. The van der Waals surface area contributed by atoms with Crippen LogP contribution in [0.2, 0.25) is 0 Å². The van der Waals surface area contributed by atoms with E-state index in [9.17, 15) is 9.59 Å². The number of carbonyl (C=O) groups excluding carboxylic acids is 2. The van der Waals surface area contributed by atoms with Crippen molar-refractivity contribution in [3.8, 4) is 11.5 Å². The Morgan fingerprint density at radius 2 is 1.64 bits per heavy atom. The van der Waals surface area contributed by atoms with Crippen molar-refractivity contribution in [2.75, 3.05) is 18.5 Å². The molecule has 2 aromatic carbocycles. The van der Waals surface area contributed by atoms with Crippen molar-refractivity contribution in [3.05, 3.63) is 53.6 Å². The van der Waals surface area contributed by atoms with Crippen LogP contribution < -0.4 is 14.8 Å². The molecule has 0 saturated heterocycles. The van der Waals surface area contributed by atoms with Crippen LogP contribution in [0.5, 0.6) is 11.5 Å². The number of ether oxygens (including phenoxy) is 2. The van der Waals surface area contributed by atoms with Crippen LogP contribution in [0.3, 0.4) is 0 Å². The zero-order chi connectivity index (χ0) is 19.5. The van der Waals surface area contributed by atoms with E-state index in [-0.39, 0.29) is 17.6 Å². The summed E-state index contributed by atoms with van der Waals surface area (Å²) < 4.78 is 11.3. The molecule has 1 heterocycles. The molecule has 146 valence electrons. The molecule has 5 nitrogen and oxygen atoms in total. The summed E-state index contributed by atoms with van der Waals surface area (Å²) in [6.45, 7) is 2.61. The number of benzene rings is 2. The van der Waals surface area contributed by atoms with Crippen molar-refractivity contribution >= 4 is 17.4 Å².